The Labute approximate surface area is 149 Å². The SMILES string of the molecule is O=C(CN1CCCOc2cc(F)ccc21)NCc1ccc(F)c(Cl)c1. The molecule has 0 aromatic heterocycles. The smallest absolute Gasteiger partial charge is 0.239 e. The minimum atomic E-state index is -0.495. The van der Waals surface area contributed by atoms with Gasteiger partial charge in [0.1, 0.15) is 17.4 Å². The molecule has 25 heavy (non-hydrogen) atoms. The first-order chi connectivity index (χ1) is 12.0. The summed E-state index contributed by atoms with van der Waals surface area (Å²) in [5.74, 6) is -0.628. The lowest BCUT2D eigenvalue weighted by atomic mass is 10.2. The molecular weight excluding hydrogens is 350 g/mol. The molecule has 2 aromatic rings. The molecule has 1 amide bonds. The Morgan fingerprint density at radius 2 is 2.08 bits per heavy atom. The Bertz CT molecular complexity index is 786. The molecule has 0 fully saturated rings. The van der Waals surface area contributed by atoms with E-state index in [2.05, 4.69) is 5.32 Å². The van der Waals surface area contributed by atoms with Gasteiger partial charge in [-0.3, -0.25) is 4.79 Å². The van der Waals surface area contributed by atoms with Crippen molar-refractivity contribution in [1.29, 1.82) is 0 Å². The van der Waals surface area contributed by atoms with Crippen LogP contribution in [0, 0.1) is 11.6 Å². The number of anilines is 1. The van der Waals surface area contributed by atoms with E-state index in [9.17, 15) is 13.6 Å². The number of nitrogens with one attached hydrogen (secondary N) is 1. The maximum absolute atomic E-state index is 13.4. The lowest BCUT2D eigenvalue weighted by molar-refractivity contribution is -0.119. The maximum Gasteiger partial charge on any atom is 0.239 e. The first kappa shape index (κ1) is 17.5. The molecule has 0 saturated heterocycles. The number of fused-ring (bicyclic) bond motifs is 1. The summed E-state index contributed by atoms with van der Waals surface area (Å²) in [6.07, 6.45) is 0.733. The second kappa shape index (κ2) is 7.70. The third kappa shape index (κ3) is 4.39. The third-order valence-corrected chi connectivity index (χ3v) is 4.19. The van der Waals surface area contributed by atoms with Crippen molar-refractivity contribution in [2.24, 2.45) is 0 Å². The van der Waals surface area contributed by atoms with Gasteiger partial charge in [-0.05, 0) is 36.2 Å². The van der Waals surface area contributed by atoms with E-state index in [1.807, 2.05) is 4.90 Å². The van der Waals surface area contributed by atoms with Crippen molar-refractivity contribution >= 4 is 23.2 Å². The fourth-order valence-corrected chi connectivity index (χ4v) is 2.87. The zero-order chi connectivity index (χ0) is 17.8. The average molecular weight is 367 g/mol. The molecule has 0 unspecified atom stereocenters. The van der Waals surface area contributed by atoms with Gasteiger partial charge in [-0.15, -0.1) is 0 Å². The van der Waals surface area contributed by atoms with Crippen molar-refractivity contribution in [2.75, 3.05) is 24.6 Å². The highest BCUT2D eigenvalue weighted by Gasteiger charge is 2.19. The standard InChI is InChI=1S/C18H17ClF2N2O2/c19-14-8-12(2-4-15(14)21)10-22-18(24)11-23-6-1-7-25-17-9-13(20)3-5-16(17)23/h2-5,8-9H,1,6-7,10-11H2,(H,22,24). The molecule has 132 valence electrons. The summed E-state index contributed by atoms with van der Waals surface area (Å²) in [7, 11) is 0. The van der Waals surface area contributed by atoms with Crippen molar-refractivity contribution in [3.05, 3.63) is 58.6 Å². The monoisotopic (exact) mass is 366 g/mol. The molecule has 1 aliphatic heterocycles. The number of carbonyl (C=O) groups excluding carboxylic acids is 1. The second-order valence-electron chi connectivity index (χ2n) is 5.76. The van der Waals surface area contributed by atoms with Crippen LogP contribution in [0.25, 0.3) is 0 Å². The summed E-state index contributed by atoms with van der Waals surface area (Å²) in [5, 5.41) is 2.80. The molecule has 0 atom stereocenters. The third-order valence-electron chi connectivity index (χ3n) is 3.90. The van der Waals surface area contributed by atoms with Crippen LogP contribution in [0.4, 0.5) is 14.5 Å². The summed E-state index contributed by atoms with van der Waals surface area (Å²) >= 11 is 5.73. The predicted molar refractivity (Wildman–Crippen MR) is 92.0 cm³/mol. The van der Waals surface area contributed by atoms with Crippen LogP contribution in [-0.2, 0) is 11.3 Å². The molecule has 3 rings (SSSR count). The van der Waals surface area contributed by atoms with E-state index in [4.69, 9.17) is 16.3 Å². The molecular formula is C18H17ClF2N2O2. The summed E-state index contributed by atoms with van der Waals surface area (Å²) in [6.45, 7) is 1.48. The molecule has 0 bridgehead atoms. The Hall–Kier alpha value is -2.34. The van der Waals surface area contributed by atoms with Crippen molar-refractivity contribution in [1.82, 2.24) is 5.32 Å². The van der Waals surface area contributed by atoms with Gasteiger partial charge < -0.3 is 15.0 Å². The van der Waals surface area contributed by atoms with Crippen LogP contribution in [0.1, 0.15) is 12.0 Å². The summed E-state index contributed by atoms with van der Waals surface area (Å²) in [6, 6.07) is 8.60. The molecule has 0 aliphatic carbocycles. The number of carbonyl (C=O) groups is 1. The van der Waals surface area contributed by atoms with Gasteiger partial charge >= 0.3 is 0 Å². The molecule has 1 aliphatic rings. The molecule has 2 aromatic carbocycles. The van der Waals surface area contributed by atoms with Crippen molar-refractivity contribution in [2.45, 2.75) is 13.0 Å². The van der Waals surface area contributed by atoms with Gasteiger partial charge in [-0.2, -0.15) is 0 Å². The number of amides is 1. The number of hydrogen-bond donors (Lipinski definition) is 1. The molecule has 0 radical (unpaired) electrons. The van der Waals surface area contributed by atoms with E-state index in [1.165, 1.54) is 24.3 Å². The second-order valence-corrected chi connectivity index (χ2v) is 6.17. The quantitative estimate of drug-likeness (QED) is 0.900. The lowest BCUT2D eigenvalue weighted by Gasteiger charge is -2.23. The number of halogens is 3. The highest BCUT2D eigenvalue weighted by Crippen LogP contribution is 2.31. The Balaban J connectivity index is 1.63. The molecule has 1 heterocycles. The van der Waals surface area contributed by atoms with E-state index >= 15 is 0 Å². The average Bonchev–Trinajstić information content (AvgIpc) is 2.78. The highest BCUT2D eigenvalue weighted by atomic mass is 35.5. The van der Waals surface area contributed by atoms with E-state index in [-0.39, 0.29) is 29.8 Å². The first-order valence-corrected chi connectivity index (χ1v) is 8.28. The molecule has 1 N–H and O–H groups in total. The van der Waals surface area contributed by atoms with E-state index < -0.39 is 5.82 Å². The minimum Gasteiger partial charge on any atom is -0.491 e. The zero-order valence-electron chi connectivity index (χ0n) is 13.4. The molecule has 0 saturated carbocycles. The molecule has 4 nitrogen and oxygen atoms in total. The number of rotatable bonds is 4. The van der Waals surface area contributed by atoms with Gasteiger partial charge in [0.15, 0.2) is 0 Å². The maximum atomic E-state index is 13.4. The van der Waals surface area contributed by atoms with E-state index in [0.29, 0.717) is 30.2 Å². The number of ether oxygens (including phenoxy) is 1. The van der Waals surface area contributed by atoms with Crippen LogP contribution in [-0.4, -0.2) is 25.6 Å². The van der Waals surface area contributed by atoms with Gasteiger partial charge in [0, 0.05) is 19.2 Å². The van der Waals surface area contributed by atoms with Gasteiger partial charge in [-0.25, -0.2) is 8.78 Å². The molecule has 7 heteroatoms. The van der Waals surface area contributed by atoms with Crippen LogP contribution in [0.5, 0.6) is 5.75 Å². The minimum absolute atomic E-state index is 0.0207. The number of hydrogen-bond acceptors (Lipinski definition) is 3. The van der Waals surface area contributed by atoms with Crippen LogP contribution < -0.4 is 15.0 Å². The molecule has 0 spiro atoms. The highest BCUT2D eigenvalue weighted by molar-refractivity contribution is 6.30. The largest absolute Gasteiger partial charge is 0.491 e. The van der Waals surface area contributed by atoms with Crippen LogP contribution >= 0.6 is 11.6 Å². The van der Waals surface area contributed by atoms with E-state index in [1.54, 1.807) is 12.1 Å². The fourth-order valence-electron chi connectivity index (χ4n) is 2.67. The van der Waals surface area contributed by atoms with E-state index in [0.717, 1.165) is 6.42 Å². The van der Waals surface area contributed by atoms with Crippen molar-refractivity contribution < 1.29 is 18.3 Å². The first-order valence-electron chi connectivity index (χ1n) is 7.91. The Morgan fingerprint density at radius 1 is 1.24 bits per heavy atom. The zero-order valence-corrected chi connectivity index (χ0v) is 14.2. The van der Waals surface area contributed by atoms with Crippen molar-refractivity contribution in [3.8, 4) is 5.75 Å². The fraction of sp³-hybridized carbons (Fsp3) is 0.278. The van der Waals surface area contributed by atoms with Crippen LogP contribution in [0.15, 0.2) is 36.4 Å². The number of benzene rings is 2. The Kier molecular flexibility index (Phi) is 5.38. The van der Waals surface area contributed by atoms with Crippen LogP contribution in [0.3, 0.4) is 0 Å². The summed E-state index contributed by atoms with van der Waals surface area (Å²) in [5.41, 5.74) is 1.40. The Morgan fingerprint density at radius 3 is 2.88 bits per heavy atom. The normalized spacial score (nSPS) is 13.6. The van der Waals surface area contributed by atoms with Gasteiger partial charge in [0.25, 0.3) is 0 Å². The van der Waals surface area contributed by atoms with Gasteiger partial charge in [-0.1, -0.05) is 17.7 Å². The van der Waals surface area contributed by atoms with Crippen molar-refractivity contribution in [3.63, 3.8) is 0 Å². The van der Waals surface area contributed by atoms with Crippen LogP contribution in [0.2, 0.25) is 5.02 Å². The van der Waals surface area contributed by atoms with Gasteiger partial charge in [0.05, 0.1) is 23.9 Å². The summed E-state index contributed by atoms with van der Waals surface area (Å²) in [4.78, 5) is 14.1. The number of nitrogens with zero attached hydrogens (tertiary/aromatic N) is 1. The lowest BCUT2D eigenvalue weighted by Crippen LogP contribution is -2.37. The summed E-state index contributed by atoms with van der Waals surface area (Å²) < 4.78 is 32.1. The topological polar surface area (TPSA) is 41.6 Å². The predicted octanol–water partition coefficient (Wildman–Crippen LogP) is 3.52. The van der Waals surface area contributed by atoms with Gasteiger partial charge in [0.2, 0.25) is 5.91 Å².